The van der Waals surface area contributed by atoms with Crippen molar-refractivity contribution in [3.05, 3.63) is 29.8 Å². The number of hydrogen-bond donors (Lipinski definition) is 2. The third kappa shape index (κ3) is 3.65. The summed E-state index contributed by atoms with van der Waals surface area (Å²) in [6.45, 7) is 1.47. The van der Waals surface area contributed by atoms with Crippen LogP contribution in [0.25, 0.3) is 0 Å². The molecule has 1 aliphatic rings. The number of benzene rings is 1. The topological polar surface area (TPSA) is 41.1 Å². The van der Waals surface area contributed by atoms with Crippen molar-refractivity contribution in [1.29, 1.82) is 0 Å². The third-order valence-electron chi connectivity index (χ3n) is 2.71. The monoisotopic (exact) mass is 276 g/mol. The van der Waals surface area contributed by atoms with Crippen LogP contribution in [-0.4, -0.2) is 24.4 Å². The van der Waals surface area contributed by atoms with Gasteiger partial charge in [-0.15, -0.1) is 12.4 Å². The number of carbonyl (C=O) groups is 1. The van der Waals surface area contributed by atoms with Crippen molar-refractivity contribution < 1.29 is 13.6 Å². The molecule has 0 radical (unpaired) electrons. The van der Waals surface area contributed by atoms with Gasteiger partial charge >= 0.3 is 0 Å². The van der Waals surface area contributed by atoms with Crippen LogP contribution < -0.4 is 10.6 Å². The first kappa shape index (κ1) is 14.9. The maximum absolute atomic E-state index is 12.9. The predicted molar refractivity (Wildman–Crippen MR) is 68.4 cm³/mol. The molecule has 0 aliphatic carbocycles. The van der Waals surface area contributed by atoms with Gasteiger partial charge in [-0.3, -0.25) is 10.1 Å². The molecule has 2 N–H and O–H groups in total. The van der Waals surface area contributed by atoms with E-state index in [1.165, 1.54) is 0 Å². The molecular formula is C12H15ClF2N2O. The Morgan fingerprint density at radius 1 is 1.50 bits per heavy atom. The van der Waals surface area contributed by atoms with Crippen LogP contribution in [0.2, 0.25) is 0 Å². The first-order valence-corrected chi connectivity index (χ1v) is 5.45. The van der Waals surface area contributed by atoms with Gasteiger partial charge in [-0.1, -0.05) is 12.1 Å². The van der Waals surface area contributed by atoms with Crippen LogP contribution in [-0.2, 0) is 4.79 Å². The van der Waals surface area contributed by atoms with E-state index in [9.17, 15) is 13.6 Å². The molecule has 1 aromatic carbocycles. The maximum Gasteiger partial charge on any atom is 0.262 e. The quantitative estimate of drug-likeness (QED) is 0.871. The molecule has 0 saturated carbocycles. The number of carbonyl (C=O) groups excluding carboxylic acids is 1. The number of halogens is 3. The summed E-state index contributed by atoms with van der Waals surface area (Å²) < 4.78 is 25.8. The fraction of sp³-hybridized carbons (Fsp3) is 0.417. The van der Waals surface area contributed by atoms with Crippen molar-refractivity contribution in [2.24, 2.45) is 0 Å². The van der Waals surface area contributed by atoms with Crippen molar-refractivity contribution in [2.45, 2.75) is 25.3 Å². The van der Waals surface area contributed by atoms with Gasteiger partial charge in [-0.25, -0.2) is 8.78 Å². The maximum atomic E-state index is 12.9. The van der Waals surface area contributed by atoms with E-state index in [0.29, 0.717) is 5.69 Å². The highest BCUT2D eigenvalue weighted by Crippen LogP contribution is 2.25. The van der Waals surface area contributed by atoms with Crippen molar-refractivity contribution in [3.63, 3.8) is 0 Å². The normalized spacial score (nSPS) is 21.2. The number of amides is 1. The Morgan fingerprint density at radius 2 is 2.22 bits per heavy atom. The SMILES string of the molecule is Cc1cccc(NC(=O)C2CC(F)(F)CN2)c1.Cl. The average Bonchev–Trinajstić information content (AvgIpc) is 2.59. The minimum absolute atomic E-state index is 0. The highest BCUT2D eigenvalue weighted by molar-refractivity contribution is 5.95. The lowest BCUT2D eigenvalue weighted by atomic mass is 10.1. The second-order valence-corrected chi connectivity index (χ2v) is 4.35. The van der Waals surface area contributed by atoms with Gasteiger partial charge in [0.15, 0.2) is 0 Å². The number of rotatable bonds is 2. The molecule has 1 aliphatic heterocycles. The minimum Gasteiger partial charge on any atom is -0.325 e. The van der Waals surface area contributed by atoms with Gasteiger partial charge in [0.05, 0.1) is 12.6 Å². The molecule has 6 heteroatoms. The van der Waals surface area contributed by atoms with E-state index < -0.39 is 30.8 Å². The fourth-order valence-electron chi connectivity index (χ4n) is 1.85. The van der Waals surface area contributed by atoms with E-state index >= 15 is 0 Å². The summed E-state index contributed by atoms with van der Waals surface area (Å²) in [5.41, 5.74) is 1.64. The van der Waals surface area contributed by atoms with Crippen molar-refractivity contribution in [3.8, 4) is 0 Å². The molecule has 18 heavy (non-hydrogen) atoms. The van der Waals surface area contributed by atoms with E-state index in [0.717, 1.165) is 5.56 Å². The van der Waals surface area contributed by atoms with Crippen LogP contribution in [0.15, 0.2) is 24.3 Å². The molecule has 0 aromatic heterocycles. The van der Waals surface area contributed by atoms with Crippen LogP contribution >= 0.6 is 12.4 Å². The summed E-state index contributed by atoms with van der Waals surface area (Å²) in [5, 5.41) is 5.15. The van der Waals surface area contributed by atoms with Crippen LogP contribution in [0.5, 0.6) is 0 Å². The molecule has 0 spiro atoms. The molecule has 100 valence electrons. The van der Waals surface area contributed by atoms with Gasteiger partial charge in [0, 0.05) is 12.1 Å². The molecule has 1 fully saturated rings. The molecule has 1 saturated heterocycles. The lowest BCUT2D eigenvalue weighted by Crippen LogP contribution is -2.35. The predicted octanol–water partition coefficient (Wildman–Crippen LogP) is 2.35. The highest BCUT2D eigenvalue weighted by Gasteiger charge is 2.42. The first-order chi connectivity index (χ1) is 7.96. The van der Waals surface area contributed by atoms with Crippen molar-refractivity contribution in [2.75, 3.05) is 11.9 Å². The van der Waals surface area contributed by atoms with Gasteiger partial charge < -0.3 is 5.32 Å². The summed E-state index contributed by atoms with van der Waals surface area (Å²) in [7, 11) is 0. The Hall–Kier alpha value is -1.20. The van der Waals surface area contributed by atoms with E-state index in [4.69, 9.17) is 0 Å². The van der Waals surface area contributed by atoms with Crippen molar-refractivity contribution in [1.82, 2.24) is 5.32 Å². The van der Waals surface area contributed by atoms with E-state index in [1.54, 1.807) is 12.1 Å². The van der Waals surface area contributed by atoms with Crippen LogP contribution in [0.1, 0.15) is 12.0 Å². The smallest absolute Gasteiger partial charge is 0.262 e. The molecule has 1 heterocycles. The number of nitrogens with one attached hydrogen (secondary N) is 2. The zero-order valence-corrected chi connectivity index (χ0v) is 10.7. The van der Waals surface area contributed by atoms with E-state index in [1.807, 2.05) is 19.1 Å². The largest absolute Gasteiger partial charge is 0.325 e. The summed E-state index contributed by atoms with van der Waals surface area (Å²) in [4.78, 5) is 11.7. The van der Waals surface area contributed by atoms with Crippen LogP contribution in [0, 0.1) is 6.92 Å². The van der Waals surface area contributed by atoms with Gasteiger partial charge in [-0.05, 0) is 24.6 Å². The first-order valence-electron chi connectivity index (χ1n) is 5.45. The van der Waals surface area contributed by atoms with Crippen molar-refractivity contribution >= 4 is 24.0 Å². The summed E-state index contributed by atoms with van der Waals surface area (Å²) in [6, 6.07) is 6.42. The molecule has 1 atom stereocenters. The molecule has 2 rings (SSSR count). The van der Waals surface area contributed by atoms with Gasteiger partial charge in [0.1, 0.15) is 0 Å². The average molecular weight is 277 g/mol. The standard InChI is InChI=1S/C12H14F2N2O.ClH/c1-8-3-2-4-9(5-8)16-11(17)10-6-12(13,14)7-15-10;/h2-5,10,15H,6-7H2,1H3,(H,16,17);1H. The number of anilines is 1. The Balaban J connectivity index is 0.00000162. The summed E-state index contributed by atoms with van der Waals surface area (Å²) in [5.74, 6) is -3.19. The molecule has 1 amide bonds. The Kier molecular flexibility index (Phi) is 4.65. The van der Waals surface area contributed by atoms with Gasteiger partial charge in [0.25, 0.3) is 5.92 Å². The lowest BCUT2D eigenvalue weighted by molar-refractivity contribution is -0.118. The van der Waals surface area contributed by atoms with E-state index in [-0.39, 0.29) is 12.4 Å². The number of alkyl halides is 2. The zero-order chi connectivity index (χ0) is 12.5. The van der Waals surface area contributed by atoms with Crippen LogP contribution in [0.3, 0.4) is 0 Å². The zero-order valence-electron chi connectivity index (χ0n) is 9.87. The Bertz CT molecular complexity index is 440. The van der Waals surface area contributed by atoms with E-state index in [2.05, 4.69) is 10.6 Å². The number of aryl methyl sites for hydroxylation is 1. The third-order valence-corrected chi connectivity index (χ3v) is 2.71. The highest BCUT2D eigenvalue weighted by atomic mass is 35.5. The minimum atomic E-state index is -2.78. The second-order valence-electron chi connectivity index (χ2n) is 4.35. The lowest BCUT2D eigenvalue weighted by Gasteiger charge is -2.11. The number of hydrogen-bond acceptors (Lipinski definition) is 2. The second kappa shape index (κ2) is 5.63. The molecule has 0 bridgehead atoms. The Labute approximate surface area is 110 Å². The molecular weight excluding hydrogens is 262 g/mol. The summed E-state index contributed by atoms with van der Waals surface area (Å²) >= 11 is 0. The fourth-order valence-corrected chi connectivity index (χ4v) is 1.85. The Morgan fingerprint density at radius 3 is 2.78 bits per heavy atom. The summed E-state index contributed by atoms with van der Waals surface area (Å²) in [6.07, 6.45) is -0.440. The van der Waals surface area contributed by atoms with Gasteiger partial charge in [0.2, 0.25) is 5.91 Å². The molecule has 1 unspecified atom stereocenters. The molecule has 3 nitrogen and oxygen atoms in total. The van der Waals surface area contributed by atoms with Gasteiger partial charge in [-0.2, -0.15) is 0 Å². The molecule has 1 aromatic rings. The van der Waals surface area contributed by atoms with Crippen LogP contribution in [0.4, 0.5) is 14.5 Å².